The summed E-state index contributed by atoms with van der Waals surface area (Å²) in [6.07, 6.45) is 1.75. The summed E-state index contributed by atoms with van der Waals surface area (Å²) in [6.45, 7) is 1.89. The summed E-state index contributed by atoms with van der Waals surface area (Å²) in [5.41, 5.74) is 7.64. The topological polar surface area (TPSA) is 144 Å². The number of aliphatic carboxylic acids is 2. The van der Waals surface area contributed by atoms with E-state index in [-0.39, 0.29) is 5.69 Å². The van der Waals surface area contributed by atoms with Gasteiger partial charge in [-0.2, -0.15) is 0 Å². The molecule has 2 rings (SSSR count). The average molecular weight is 372 g/mol. The first-order chi connectivity index (χ1) is 12.6. The number of nitro groups is 1. The first-order valence-electron chi connectivity index (χ1n) is 7.83. The van der Waals surface area contributed by atoms with Gasteiger partial charge in [0.15, 0.2) is 0 Å². The number of nitro benzene ring substituents is 1. The molecule has 27 heavy (non-hydrogen) atoms. The summed E-state index contributed by atoms with van der Waals surface area (Å²) in [5.74, 6) is -2.51. The number of carbonyl (C=O) groups is 2. The van der Waals surface area contributed by atoms with Crippen molar-refractivity contribution in [1.82, 2.24) is 0 Å². The highest BCUT2D eigenvalue weighted by molar-refractivity contribution is 5.89. The van der Waals surface area contributed by atoms with Crippen molar-refractivity contribution >= 4 is 17.6 Å². The SMILES string of the molecule is CC(N)(Cc1ccccc1)c1cccc([N+](=O)[O-])c1.O=C(O)/C=C\C(=O)O. The van der Waals surface area contributed by atoms with Crippen LogP contribution >= 0.6 is 0 Å². The fraction of sp³-hybridized carbons (Fsp3) is 0.158. The van der Waals surface area contributed by atoms with Crippen molar-refractivity contribution in [3.63, 3.8) is 0 Å². The smallest absolute Gasteiger partial charge is 0.328 e. The Kier molecular flexibility index (Phi) is 7.84. The number of rotatable bonds is 6. The van der Waals surface area contributed by atoms with Gasteiger partial charge in [0.2, 0.25) is 0 Å². The first kappa shape index (κ1) is 21.5. The maximum Gasteiger partial charge on any atom is 0.328 e. The van der Waals surface area contributed by atoms with Gasteiger partial charge in [-0.1, -0.05) is 42.5 Å². The van der Waals surface area contributed by atoms with Crippen LogP contribution in [-0.4, -0.2) is 27.1 Å². The van der Waals surface area contributed by atoms with E-state index < -0.39 is 22.4 Å². The quantitative estimate of drug-likeness (QED) is 0.402. The lowest BCUT2D eigenvalue weighted by molar-refractivity contribution is -0.385. The van der Waals surface area contributed by atoms with Crippen LogP contribution in [0.3, 0.4) is 0 Å². The minimum atomic E-state index is -1.26. The van der Waals surface area contributed by atoms with Gasteiger partial charge in [0.25, 0.3) is 5.69 Å². The third-order valence-electron chi connectivity index (χ3n) is 3.50. The van der Waals surface area contributed by atoms with Crippen molar-refractivity contribution in [2.45, 2.75) is 18.9 Å². The zero-order chi connectivity index (χ0) is 20.4. The molecule has 8 nitrogen and oxygen atoms in total. The monoisotopic (exact) mass is 372 g/mol. The molecule has 0 aromatic heterocycles. The summed E-state index contributed by atoms with van der Waals surface area (Å²) < 4.78 is 0. The molecule has 0 aliphatic heterocycles. The first-order valence-corrected chi connectivity index (χ1v) is 7.83. The lowest BCUT2D eigenvalue weighted by Gasteiger charge is -2.25. The van der Waals surface area contributed by atoms with E-state index in [0.717, 1.165) is 11.1 Å². The minimum absolute atomic E-state index is 0.0715. The molecule has 0 bridgehead atoms. The largest absolute Gasteiger partial charge is 0.478 e. The molecule has 0 aliphatic carbocycles. The number of carboxylic acid groups (broad SMARTS) is 2. The van der Waals surface area contributed by atoms with Crippen LogP contribution in [0.5, 0.6) is 0 Å². The van der Waals surface area contributed by atoms with Gasteiger partial charge in [-0.3, -0.25) is 10.1 Å². The van der Waals surface area contributed by atoms with Crippen molar-refractivity contribution in [2.24, 2.45) is 5.73 Å². The highest BCUT2D eigenvalue weighted by atomic mass is 16.6. The molecule has 1 unspecified atom stereocenters. The van der Waals surface area contributed by atoms with Crippen molar-refractivity contribution in [1.29, 1.82) is 0 Å². The van der Waals surface area contributed by atoms with Gasteiger partial charge in [-0.25, -0.2) is 9.59 Å². The Morgan fingerprint density at radius 1 is 1.07 bits per heavy atom. The van der Waals surface area contributed by atoms with Crippen molar-refractivity contribution < 1.29 is 24.7 Å². The zero-order valence-corrected chi connectivity index (χ0v) is 14.6. The molecule has 0 fully saturated rings. The second-order valence-corrected chi connectivity index (χ2v) is 5.90. The number of hydrogen-bond acceptors (Lipinski definition) is 5. The van der Waals surface area contributed by atoms with Gasteiger partial charge in [-0.15, -0.1) is 0 Å². The van der Waals surface area contributed by atoms with E-state index in [1.54, 1.807) is 12.1 Å². The zero-order valence-electron chi connectivity index (χ0n) is 14.6. The number of benzene rings is 2. The van der Waals surface area contributed by atoms with Crippen LogP contribution in [-0.2, 0) is 21.5 Å². The lowest BCUT2D eigenvalue weighted by atomic mass is 9.86. The summed E-state index contributed by atoms with van der Waals surface area (Å²) in [7, 11) is 0. The number of hydrogen-bond donors (Lipinski definition) is 3. The molecule has 0 radical (unpaired) electrons. The molecular formula is C19H20N2O6. The molecule has 142 valence electrons. The molecule has 0 amide bonds. The summed E-state index contributed by atoms with van der Waals surface area (Å²) >= 11 is 0. The fourth-order valence-corrected chi connectivity index (χ4v) is 2.24. The van der Waals surface area contributed by atoms with E-state index >= 15 is 0 Å². The molecule has 1 atom stereocenters. The predicted octanol–water partition coefficient (Wildman–Crippen LogP) is 2.72. The highest BCUT2D eigenvalue weighted by Gasteiger charge is 2.23. The summed E-state index contributed by atoms with van der Waals surface area (Å²) in [5, 5.41) is 26.4. The number of nitrogens with two attached hydrogens (primary N) is 1. The Morgan fingerprint density at radius 2 is 1.63 bits per heavy atom. The van der Waals surface area contributed by atoms with Gasteiger partial charge in [0.1, 0.15) is 0 Å². The highest BCUT2D eigenvalue weighted by Crippen LogP contribution is 2.25. The number of nitrogens with zero attached hydrogens (tertiary/aromatic N) is 1. The molecule has 2 aromatic carbocycles. The van der Waals surface area contributed by atoms with E-state index in [0.29, 0.717) is 18.6 Å². The van der Waals surface area contributed by atoms with Gasteiger partial charge in [0.05, 0.1) is 4.92 Å². The Labute approximate surface area is 155 Å². The molecule has 0 saturated carbocycles. The maximum atomic E-state index is 10.8. The van der Waals surface area contributed by atoms with E-state index in [2.05, 4.69) is 0 Å². The van der Waals surface area contributed by atoms with Crippen LogP contribution in [0.2, 0.25) is 0 Å². The van der Waals surface area contributed by atoms with E-state index in [4.69, 9.17) is 15.9 Å². The van der Waals surface area contributed by atoms with Gasteiger partial charge in [0, 0.05) is 29.8 Å². The van der Waals surface area contributed by atoms with Crippen LogP contribution < -0.4 is 5.73 Å². The number of carboxylic acids is 2. The van der Waals surface area contributed by atoms with Crippen LogP contribution in [0, 0.1) is 10.1 Å². The molecule has 4 N–H and O–H groups in total. The van der Waals surface area contributed by atoms with Crippen LogP contribution in [0.15, 0.2) is 66.7 Å². The third kappa shape index (κ3) is 7.93. The molecular weight excluding hydrogens is 352 g/mol. The minimum Gasteiger partial charge on any atom is -0.478 e. The van der Waals surface area contributed by atoms with Crippen molar-refractivity contribution in [3.05, 3.63) is 88.0 Å². The van der Waals surface area contributed by atoms with Gasteiger partial charge in [-0.05, 0) is 24.5 Å². The third-order valence-corrected chi connectivity index (χ3v) is 3.50. The molecule has 0 saturated heterocycles. The molecule has 2 aromatic rings. The fourth-order valence-electron chi connectivity index (χ4n) is 2.24. The summed E-state index contributed by atoms with van der Waals surface area (Å²) in [4.78, 5) is 29.5. The van der Waals surface area contributed by atoms with E-state index in [1.165, 1.54) is 6.07 Å². The van der Waals surface area contributed by atoms with Crippen molar-refractivity contribution in [3.8, 4) is 0 Å². The Balaban J connectivity index is 0.000000387. The lowest BCUT2D eigenvalue weighted by Crippen LogP contribution is -2.35. The molecule has 0 heterocycles. The number of non-ortho nitro benzene ring substituents is 1. The Hall–Kier alpha value is -3.52. The second kappa shape index (κ2) is 9.83. The van der Waals surface area contributed by atoms with Crippen molar-refractivity contribution in [2.75, 3.05) is 0 Å². The van der Waals surface area contributed by atoms with Crippen LogP contribution in [0.1, 0.15) is 18.1 Å². The maximum absolute atomic E-state index is 10.8. The van der Waals surface area contributed by atoms with Gasteiger partial charge >= 0.3 is 11.9 Å². The van der Waals surface area contributed by atoms with E-state index in [9.17, 15) is 19.7 Å². The standard InChI is InChI=1S/C15H16N2O2.C4H4O4/c1-15(16,11-12-6-3-2-4-7-12)13-8-5-9-14(10-13)17(18)19;5-3(6)1-2-4(7)8/h2-10H,11,16H2,1H3;1-2H,(H,5,6)(H,7,8)/b;2-1-. The summed E-state index contributed by atoms with van der Waals surface area (Å²) in [6, 6.07) is 16.4. The Morgan fingerprint density at radius 3 is 2.11 bits per heavy atom. The Bertz CT molecular complexity index is 815. The van der Waals surface area contributed by atoms with Crippen LogP contribution in [0.4, 0.5) is 5.69 Å². The van der Waals surface area contributed by atoms with Gasteiger partial charge < -0.3 is 15.9 Å². The second-order valence-electron chi connectivity index (χ2n) is 5.90. The van der Waals surface area contributed by atoms with Crippen LogP contribution in [0.25, 0.3) is 0 Å². The van der Waals surface area contributed by atoms with E-state index in [1.807, 2.05) is 43.3 Å². The molecule has 8 heteroatoms. The predicted molar refractivity (Wildman–Crippen MR) is 99.2 cm³/mol. The molecule has 0 aliphatic rings. The average Bonchev–Trinajstić information content (AvgIpc) is 2.61. The normalized spacial score (nSPS) is 12.5. The molecule has 0 spiro atoms.